The van der Waals surface area contributed by atoms with E-state index in [4.69, 9.17) is 22.1 Å². The van der Waals surface area contributed by atoms with Gasteiger partial charge in [0.1, 0.15) is 6.10 Å². The third kappa shape index (κ3) is 4.06. The van der Waals surface area contributed by atoms with Crippen LogP contribution in [0.15, 0.2) is 36.4 Å². The number of hydrogen-bond acceptors (Lipinski definition) is 3. The normalized spacial score (nSPS) is 14.2. The predicted molar refractivity (Wildman–Crippen MR) is 86.3 cm³/mol. The van der Waals surface area contributed by atoms with E-state index in [0.717, 1.165) is 17.0 Å². The van der Waals surface area contributed by atoms with E-state index >= 15 is 0 Å². The van der Waals surface area contributed by atoms with E-state index in [1.165, 1.54) is 9.75 Å². The Balaban J connectivity index is 2.06. The molecule has 0 spiro atoms. The molecule has 0 bridgehead atoms. The van der Waals surface area contributed by atoms with Crippen LogP contribution in [0.1, 0.15) is 34.8 Å². The second kappa shape index (κ2) is 7.23. The van der Waals surface area contributed by atoms with Crippen molar-refractivity contribution < 1.29 is 4.74 Å². The smallest absolute Gasteiger partial charge is 0.107 e. The molecule has 0 aliphatic heterocycles. The van der Waals surface area contributed by atoms with Crippen LogP contribution in [0.2, 0.25) is 5.02 Å². The van der Waals surface area contributed by atoms with Gasteiger partial charge in [0.15, 0.2) is 0 Å². The lowest BCUT2D eigenvalue weighted by Gasteiger charge is -2.22. The molecule has 1 heterocycles. The molecule has 1 aromatic heterocycles. The SMILES string of the molecule is CCC(N)C(OCc1ccc(Cl)cc1)c1ccc(C)s1. The molecular formula is C16H20ClNOS. The average molecular weight is 310 g/mol. The van der Waals surface area contributed by atoms with Gasteiger partial charge >= 0.3 is 0 Å². The Morgan fingerprint density at radius 1 is 1.20 bits per heavy atom. The first kappa shape index (κ1) is 15.5. The van der Waals surface area contributed by atoms with Gasteiger partial charge in [-0.1, -0.05) is 30.7 Å². The minimum Gasteiger partial charge on any atom is -0.366 e. The quantitative estimate of drug-likeness (QED) is 0.839. The first-order valence-electron chi connectivity index (χ1n) is 6.78. The molecule has 108 valence electrons. The monoisotopic (exact) mass is 309 g/mol. The Kier molecular flexibility index (Phi) is 5.61. The Hall–Kier alpha value is -0.870. The molecule has 2 nitrogen and oxygen atoms in total. The van der Waals surface area contributed by atoms with E-state index in [1.54, 1.807) is 11.3 Å². The minimum atomic E-state index is -0.0469. The Labute approximate surface area is 129 Å². The van der Waals surface area contributed by atoms with Crippen LogP contribution in [0, 0.1) is 6.92 Å². The van der Waals surface area contributed by atoms with Gasteiger partial charge in [-0.25, -0.2) is 0 Å². The molecule has 0 aliphatic rings. The number of hydrogen-bond donors (Lipinski definition) is 1. The van der Waals surface area contributed by atoms with Crippen molar-refractivity contribution in [3.63, 3.8) is 0 Å². The van der Waals surface area contributed by atoms with Crippen LogP contribution in [0.5, 0.6) is 0 Å². The van der Waals surface area contributed by atoms with E-state index in [1.807, 2.05) is 24.3 Å². The van der Waals surface area contributed by atoms with Gasteiger partial charge < -0.3 is 10.5 Å². The highest BCUT2D eigenvalue weighted by Crippen LogP contribution is 2.29. The van der Waals surface area contributed by atoms with Crippen LogP contribution < -0.4 is 5.73 Å². The van der Waals surface area contributed by atoms with Gasteiger partial charge in [0.2, 0.25) is 0 Å². The molecule has 1 aromatic carbocycles. The summed E-state index contributed by atoms with van der Waals surface area (Å²) in [7, 11) is 0. The highest BCUT2D eigenvalue weighted by molar-refractivity contribution is 7.12. The molecule has 2 N–H and O–H groups in total. The molecule has 2 rings (SSSR count). The van der Waals surface area contributed by atoms with Crippen molar-refractivity contribution in [2.24, 2.45) is 5.73 Å². The second-order valence-electron chi connectivity index (χ2n) is 4.88. The number of nitrogens with two attached hydrogens (primary N) is 1. The van der Waals surface area contributed by atoms with Crippen molar-refractivity contribution in [3.05, 3.63) is 56.7 Å². The molecule has 0 radical (unpaired) electrons. The number of benzene rings is 1. The number of thiophene rings is 1. The fourth-order valence-electron chi connectivity index (χ4n) is 2.00. The third-order valence-electron chi connectivity index (χ3n) is 3.24. The van der Waals surface area contributed by atoms with Crippen molar-refractivity contribution in [1.29, 1.82) is 0 Å². The number of rotatable bonds is 6. The molecule has 0 aliphatic carbocycles. The third-order valence-corrected chi connectivity index (χ3v) is 4.56. The molecule has 0 saturated heterocycles. The van der Waals surface area contributed by atoms with Gasteiger partial charge in [0, 0.05) is 20.8 Å². The molecule has 0 amide bonds. The topological polar surface area (TPSA) is 35.2 Å². The summed E-state index contributed by atoms with van der Waals surface area (Å²) < 4.78 is 6.06. The van der Waals surface area contributed by atoms with Crippen LogP contribution in [0.4, 0.5) is 0 Å². The summed E-state index contributed by atoms with van der Waals surface area (Å²) in [6.07, 6.45) is 0.844. The van der Waals surface area contributed by atoms with Crippen LogP contribution in [0.25, 0.3) is 0 Å². The predicted octanol–water partition coefficient (Wildman–Crippen LogP) is 4.71. The van der Waals surface area contributed by atoms with Crippen molar-refractivity contribution in [2.45, 2.75) is 39.0 Å². The summed E-state index contributed by atoms with van der Waals surface area (Å²) in [6.45, 7) is 4.73. The number of halogens is 1. The molecule has 0 fully saturated rings. The molecule has 2 unspecified atom stereocenters. The fourth-order valence-corrected chi connectivity index (χ4v) is 3.13. The van der Waals surface area contributed by atoms with Crippen LogP contribution >= 0.6 is 22.9 Å². The van der Waals surface area contributed by atoms with Gasteiger partial charge in [-0.3, -0.25) is 0 Å². The van der Waals surface area contributed by atoms with Gasteiger partial charge in [0.25, 0.3) is 0 Å². The molecule has 4 heteroatoms. The van der Waals surface area contributed by atoms with E-state index in [-0.39, 0.29) is 12.1 Å². The summed E-state index contributed by atoms with van der Waals surface area (Å²) in [5, 5.41) is 0.740. The van der Waals surface area contributed by atoms with Crippen LogP contribution in [-0.2, 0) is 11.3 Å². The van der Waals surface area contributed by atoms with Crippen LogP contribution in [-0.4, -0.2) is 6.04 Å². The summed E-state index contributed by atoms with van der Waals surface area (Å²) in [4.78, 5) is 2.48. The van der Waals surface area contributed by atoms with Crippen molar-refractivity contribution in [2.75, 3.05) is 0 Å². The zero-order chi connectivity index (χ0) is 14.5. The van der Waals surface area contributed by atoms with E-state index in [9.17, 15) is 0 Å². The zero-order valence-electron chi connectivity index (χ0n) is 11.8. The van der Waals surface area contributed by atoms with Crippen molar-refractivity contribution in [1.82, 2.24) is 0 Å². The number of aryl methyl sites for hydroxylation is 1. The average Bonchev–Trinajstić information content (AvgIpc) is 2.87. The van der Waals surface area contributed by atoms with Gasteiger partial charge in [0.05, 0.1) is 6.61 Å². The maximum atomic E-state index is 6.21. The van der Waals surface area contributed by atoms with Gasteiger partial charge in [-0.05, 0) is 43.2 Å². The number of ether oxygens (including phenoxy) is 1. The van der Waals surface area contributed by atoms with E-state index in [2.05, 4.69) is 26.0 Å². The lowest BCUT2D eigenvalue weighted by molar-refractivity contribution is 0.0236. The first-order valence-corrected chi connectivity index (χ1v) is 7.97. The van der Waals surface area contributed by atoms with Crippen molar-refractivity contribution in [3.8, 4) is 0 Å². The zero-order valence-corrected chi connectivity index (χ0v) is 13.4. The second-order valence-corrected chi connectivity index (χ2v) is 6.63. The summed E-state index contributed by atoms with van der Waals surface area (Å²) in [5.74, 6) is 0. The highest BCUT2D eigenvalue weighted by Gasteiger charge is 2.20. The molecular weight excluding hydrogens is 290 g/mol. The van der Waals surface area contributed by atoms with Crippen LogP contribution in [0.3, 0.4) is 0 Å². The Bertz CT molecular complexity index is 538. The molecule has 0 saturated carbocycles. The van der Waals surface area contributed by atoms with E-state index < -0.39 is 0 Å². The maximum absolute atomic E-state index is 6.21. The summed E-state index contributed by atoms with van der Waals surface area (Å²) in [5.41, 5.74) is 7.31. The standard InChI is InChI=1S/C16H20ClNOS/c1-3-14(18)16(15-9-4-11(2)20-15)19-10-12-5-7-13(17)8-6-12/h4-9,14,16H,3,10,18H2,1-2H3. The lowest BCUT2D eigenvalue weighted by atomic mass is 10.1. The first-order chi connectivity index (χ1) is 9.60. The van der Waals surface area contributed by atoms with Gasteiger partial charge in [-0.15, -0.1) is 11.3 Å². The van der Waals surface area contributed by atoms with Crippen molar-refractivity contribution >= 4 is 22.9 Å². The summed E-state index contributed by atoms with van der Waals surface area (Å²) in [6, 6.07) is 12.0. The highest BCUT2D eigenvalue weighted by atomic mass is 35.5. The largest absolute Gasteiger partial charge is 0.366 e. The lowest BCUT2D eigenvalue weighted by Crippen LogP contribution is -2.29. The maximum Gasteiger partial charge on any atom is 0.107 e. The molecule has 2 atom stereocenters. The Morgan fingerprint density at radius 2 is 1.90 bits per heavy atom. The molecule has 20 heavy (non-hydrogen) atoms. The molecule has 2 aromatic rings. The fraction of sp³-hybridized carbons (Fsp3) is 0.375. The van der Waals surface area contributed by atoms with Gasteiger partial charge in [-0.2, -0.15) is 0 Å². The van der Waals surface area contributed by atoms with E-state index in [0.29, 0.717) is 6.61 Å². The minimum absolute atomic E-state index is 0.0142. The summed E-state index contributed by atoms with van der Waals surface area (Å²) >= 11 is 7.64. The Morgan fingerprint density at radius 3 is 2.45 bits per heavy atom.